The number of hydrogen-bond acceptors (Lipinski definition) is 5. The van der Waals surface area contributed by atoms with Crippen LogP contribution >= 0.6 is 11.6 Å². The zero-order valence-corrected chi connectivity index (χ0v) is 14.2. The second-order valence-electron chi connectivity index (χ2n) is 5.95. The van der Waals surface area contributed by atoms with E-state index in [4.69, 9.17) is 11.6 Å². The van der Waals surface area contributed by atoms with Gasteiger partial charge in [-0.1, -0.05) is 17.7 Å². The van der Waals surface area contributed by atoms with Gasteiger partial charge in [-0.25, -0.2) is 9.37 Å². The number of halogens is 2. The minimum Gasteiger partial charge on any atom is -0.505 e. The molecule has 3 heterocycles. The lowest BCUT2D eigenvalue weighted by molar-refractivity contribution is 0.0640. The molecule has 0 bridgehead atoms. The second-order valence-corrected chi connectivity index (χ2v) is 6.36. The highest BCUT2D eigenvalue weighted by atomic mass is 35.5. The molecular weight excluding hydrogens is 361 g/mol. The van der Waals surface area contributed by atoms with Gasteiger partial charge in [-0.05, 0) is 36.2 Å². The number of imide groups is 1. The zero-order valence-electron chi connectivity index (χ0n) is 13.5. The van der Waals surface area contributed by atoms with Gasteiger partial charge < -0.3 is 5.11 Å². The summed E-state index contributed by atoms with van der Waals surface area (Å²) in [7, 11) is 0. The van der Waals surface area contributed by atoms with Crippen LogP contribution in [0.5, 0.6) is 5.75 Å². The molecule has 26 heavy (non-hydrogen) atoms. The van der Waals surface area contributed by atoms with Gasteiger partial charge in [-0.2, -0.15) is 0 Å². The van der Waals surface area contributed by atoms with Crippen molar-refractivity contribution in [1.82, 2.24) is 14.9 Å². The fourth-order valence-corrected chi connectivity index (χ4v) is 3.14. The van der Waals surface area contributed by atoms with Crippen molar-refractivity contribution in [2.24, 2.45) is 0 Å². The Morgan fingerprint density at radius 3 is 2.69 bits per heavy atom. The highest BCUT2D eigenvalue weighted by Crippen LogP contribution is 2.35. The SMILES string of the molecule is Cc1ccnc2c(O)c3c(nc12)C(=O)N(Cc1ccc(F)c(Cl)c1)C3=O. The number of rotatable bonds is 2. The summed E-state index contributed by atoms with van der Waals surface area (Å²) in [5, 5.41) is 10.4. The van der Waals surface area contributed by atoms with E-state index in [9.17, 15) is 19.1 Å². The van der Waals surface area contributed by atoms with E-state index in [1.807, 2.05) is 0 Å². The first-order valence-corrected chi connectivity index (χ1v) is 8.04. The number of benzene rings is 1. The lowest BCUT2D eigenvalue weighted by atomic mass is 10.1. The van der Waals surface area contributed by atoms with Crippen molar-refractivity contribution in [1.29, 1.82) is 0 Å². The van der Waals surface area contributed by atoms with Crippen molar-refractivity contribution in [3.63, 3.8) is 0 Å². The molecule has 8 heteroatoms. The van der Waals surface area contributed by atoms with Gasteiger partial charge in [0.15, 0.2) is 5.75 Å². The number of amides is 2. The second kappa shape index (κ2) is 5.74. The van der Waals surface area contributed by atoms with Crippen molar-refractivity contribution in [3.05, 3.63) is 63.7 Å². The van der Waals surface area contributed by atoms with E-state index in [0.717, 1.165) is 16.5 Å². The Hall–Kier alpha value is -3.06. The van der Waals surface area contributed by atoms with Gasteiger partial charge in [0, 0.05) is 6.20 Å². The third-order valence-electron chi connectivity index (χ3n) is 4.28. The molecule has 1 aliphatic rings. The van der Waals surface area contributed by atoms with Crippen LogP contribution in [0.15, 0.2) is 30.5 Å². The molecule has 0 spiro atoms. The van der Waals surface area contributed by atoms with Crippen molar-refractivity contribution in [3.8, 4) is 5.75 Å². The predicted molar refractivity (Wildman–Crippen MR) is 91.6 cm³/mol. The largest absolute Gasteiger partial charge is 0.505 e. The summed E-state index contributed by atoms with van der Waals surface area (Å²) in [5.74, 6) is -2.27. The van der Waals surface area contributed by atoms with E-state index < -0.39 is 17.6 Å². The first-order chi connectivity index (χ1) is 12.4. The van der Waals surface area contributed by atoms with Gasteiger partial charge in [-0.3, -0.25) is 19.5 Å². The number of aromatic nitrogens is 2. The summed E-state index contributed by atoms with van der Waals surface area (Å²) >= 11 is 5.75. The highest BCUT2D eigenvalue weighted by Gasteiger charge is 2.40. The van der Waals surface area contributed by atoms with Gasteiger partial charge in [0.05, 0.1) is 17.1 Å². The summed E-state index contributed by atoms with van der Waals surface area (Å²) in [6, 6.07) is 5.63. The average molecular weight is 372 g/mol. The molecule has 0 saturated carbocycles. The molecule has 3 aromatic rings. The minimum absolute atomic E-state index is 0.106. The Labute approximate surface area is 151 Å². The fraction of sp³-hybridized carbons (Fsp3) is 0.111. The Morgan fingerprint density at radius 2 is 1.96 bits per heavy atom. The molecule has 0 saturated heterocycles. The van der Waals surface area contributed by atoms with E-state index in [0.29, 0.717) is 11.1 Å². The Balaban J connectivity index is 1.81. The number of fused-ring (bicyclic) bond motifs is 2. The monoisotopic (exact) mass is 371 g/mol. The van der Waals surface area contributed by atoms with Crippen LogP contribution in [0.25, 0.3) is 11.0 Å². The van der Waals surface area contributed by atoms with Crippen molar-refractivity contribution < 1.29 is 19.1 Å². The molecule has 4 rings (SSSR count). The lowest BCUT2D eigenvalue weighted by Gasteiger charge is -2.13. The first kappa shape index (κ1) is 16.4. The number of aryl methyl sites for hydroxylation is 1. The topological polar surface area (TPSA) is 83.4 Å². The van der Waals surface area contributed by atoms with Gasteiger partial charge >= 0.3 is 0 Å². The molecule has 130 valence electrons. The van der Waals surface area contributed by atoms with E-state index >= 15 is 0 Å². The minimum atomic E-state index is -0.680. The number of aromatic hydroxyl groups is 1. The fourth-order valence-electron chi connectivity index (χ4n) is 2.94. The van der Waals surface area contributed by atoms with Crippen LogP contribution in [-0.2, 0) is 6.54 Å². The molecule has 0 atom stereocenters. The standard InChI is InChI=1S/C18H11ClFN3O3/c1-8-4-5-21-15-13(8)22-14-12(16(15)24)17(25)23(18(14)26)7-9-2-3-11(20)10(19)6-9/h2-6H,7H2,1H3,(H,22,24). The molecule has 0 aliphatic carbocycles. The number of carbonyl (C=O) groups is 2. The van der Waals surface area contributed by atoms with Crippen LogP contribution in [0.3, 0.4) is 0 Å². The highest BCUT2D eigenvalue weighted by molar-refractivity contribution is 6.30. The van der Waals surface area contributed by atoms with Gasteiger partial charge in [0.25, 0.3) is 11.8 Å². The number of carbonyl (C=O) groups excluding carboxylic acids is 2. The maximum Gasteiger partial charge on any atom is 0.280 e. The summed E-state index contributed by atoms with van der Waals surface area (Å²) in [4.78, 5) is 34.6. The van der Waals surface area contributed by atoms with Crippen LogP contribution in [0.1, 0.15) is 32.0 Å². The van der Waals surface area contributed by atoms with Crippen LogP contribution in [0, 0.1) is 12.7 Å². The summed E-state index contributed by atoms with van der Waals surface area (Å²) in [6.07, 6.45) is 1.49. The van der Waals surface area contributed by atoms with Crippen LogP contribution in [0.4, 0.5) is 4.39 Å². The Morgan fingerprint density at radius 1 is 1.19 bits per heavy atom. The summed E-state index contributed by atoms with van der Waals surface area (Å²) in [5.41, 5.74) is 1.42. The van der Waals surface area contributed by atoms with Gasteiger partial charge in [-0.15, -0.1) is 0 Å². The third kappa shape index (κ3) is 2.32. The number of pyridine rings is 2. The first-order valence-electron chi connectivity index (χ1n) is 7.67. The molecule has 2 aromatic heterocycles. The lowest BCUT2D eigenvalue weighted by Crippen LogP contribution is -2.29. The molecule has 0 fully saturated rings. The average Bonchev–Trinajstić information content (AvgIpc) is 2.84. The van der Waals surface area contributed by atoms with Crippen LogP contribution in [-0.4, -0.2) is 31.8 Å². The predicted octanol–water partition coefficient (Wildman–Crippen LogP) is 3.23. The summed E-state index contributed by atoms with van der Waals surface area (Å²) < 4.78 is 13.3. The molecule has 1 aliphatic heterocycles. The molecule has 2 amide bonds. The number of nitrogens with zero attached hydrogens (tertiary/aromatic N) is 3. The molecule has 0 unspecified atom stereocenters. The quantitative estimate of drug-likeness (QED) is 0.699. The van der Waals surface area contributed by atoms with Gasteiger partial charge in [0.1, 0.15) is 22.6 Å². The maximum atomic E-state index is 13.3. The zero-order chi connectivity index (χ0) is 18.6. The number of hydrogen-bond donors (Lipinski definition) is 1. The smallest absolute Gasteiger partial charge is 0.280 e. The van der Waals surface area contributed by atoms with E-state index in [2.05, 4.69) is 9.97 Å². The third-order valence-corrected chi connectivity index (χ3v) is 4.57. The molecule has 1 aromatic carbocycles. The maximum absolute atomic E-state index is 13.3. The van der Waals surface area contributed by atoms with Crippen molar-refractivity contribution in [2.75, 3.05) is 0 Å². The van der Waals surface area contributed by atoms with Gasteiger partial charge in [0.2, 0.25) is 0 Å². The van der Waals surface area contributed by atoms with Crippen LogP contribution < -0.4 is 0 Å². The van der Waals surface area contributed by atoms with E-state index in [-0.39, 0.29) is 34.1 Å². The van der Waals surface area contributed by atoms with Crippen molar-refractivity contribution >= 4 is 34.4 Å². The van der Waals surface area contributed by atoms with E-state index in [1.165, 1.54) is 18.3 Å². The molecule has 0 radical (unpaired) electrons. The normalized spacial score (nSPS) is 13.6. The summed E-state index contributed by atoms with van der Waals surface area (Å²) in [6.45, 7) is 1.65. The van der Waals surface area contributed by atoms with E-state index in [1.54, 1.807) is 13.0 Å². The molecule has 1 N–H and O–H groups in total. The molecular formula is C18H11ClFN3O3. The van der Waals surface area contributed by atoms with Crippen LogP contribution in [0.2, 0.25) is 5.02 Å². The molecule has 6 nitrogen and oxygen atoms in total. The Kier molecular flexibility index (Phi) is 3.62. The Bertz CT molecular complexity index is 1120. The van der Waals surface area contributed by atoms with Crippen molar-refractivity contribution in [2.45, 2.75) is 13.5 Å².